The van der Waals surface area contributed by atoms with Crippen molar-refractivity contribution in [2.24, 2.45) is 14.1 Å². The van der Waals surface area contributed by atoms with E-state index in [1.165, 1.54) is 0 Å². The Labute approximate surface area is 103 Å². The molecule has 86 valence electrons. The Balaban J connectivity index is 2.13. The van der Waals surface area contributed by atoms with Crippen molar-refractivity contribution in [2.75, 3.05) is 5.32 Å². The number of rotatable bonds is 3. The van der Waals surface area contributed by atoms with Crippen LogP contribution >= 0.6 is 23.2 Å². The zero-order chi connectivity index (χ0) is 11.7. The van der Waals surface area contributed by atoms with Gasteiger partial charge in [-0.05, 0) is 11.6 Å². The molecule has 0 aliphatic rings. The third-order valence-electron chi connectivity index (χ3n) is 2.37. The van der Waals surface area contributed by atoms with E-state index in [0.717, 1.165) is 11.5 Å². The van der Waals surface area contributed by atoms with Gasteiger partial charge < -0.3 is 9.88 Å². The van der Waals surface area contributed by atoms with Crippen molar-refractivity contribution in [1.29, 1.82) is 0 Å². The normalized spacial score (nSPS) is 10.8. The zero-order valence-corrected chi connectivity index (χ0v) is 10.4. The molecule has 0 aromatic carbocycles. The number of aromatic nitrogens is 4. The monoisotopic (exact) mass is 259 g/mol. The summed E-state index contributed by atoms with van der Waals surface area (Å²) in [7, 11) is 3.68. The third-order valence-corrected chi connectivity index (χ3v) is 3.01. The molecule has 2 aromatic heterocycles. The molecule has 16 heavy (non-hydrogen) atoms. The van der Waals surface area contributed by atoms with E-state index in [9.17, 15) is 0 Å². The fourth-order valence-electron chi connectivity index (χ4n) is 1.38. The topological polar surface area (TPSA) is 47.7 Å². The van der Waals surface area contributed by atoms with Crippen LogP contribution in [0.1, 0.15) is 5.69 Å². The van der Waals surface area contributed by atoms with Crippen LogP contribution in [0.4, 0.5) is 5.82 Å². The highest BCUT2D eigenvalue weighted by Crippen LogP contribution is 2.20. The summed E-state index contributed by atoms with van der Waals surface area (Å²) >= 11 is 11.8. The Morgan fingerprint density at radius 1 is 1.38 bits per heavy atom. The third kappa shape index (κ3) is 2.01. The zero-order valence-electron chi connectivity index (χ0n) is 8.91. The van der Waals surface area contributed by atoms with Gasteiger partial charge in [0.05, 0.1) is 18.4 Å². The second-order valence-electron chi connectivity index (χ2n) is 3.37. The van der Waals surface area contributed by atoms with Crippen LogP contribution in [0.2, 0.25) is 10.4 Å². The number of nitrogens with zero attached hydrogens (tertiary/aromatic N) is 4. The number of hydrogen-bond acceptors (Lipinski definition) is 3. The van der Waals surface area contributed by atoms with Gasteiger partial charge in [0.25, 0.3) is 0 Å². The minimum atomic E-state index is 0.381. The van der Waals surface area contributed by atoms with Crippen LogP contribution in [0.3, 0.4) is 0 Å². The van der Waals surface area contributed by atoms with Crippen LogP contribution in [0.15, 0.2) is 12.3 Å². The fourth-order valence-corrected chi connectivity index (χ4v) is 1.89. The van der Waals surface area contributed by atoms with Crippen molar-refractivity contribution in [3.63, 3.8) is 0 Å². The van der Waals surface area contributed by atoms with Gasteiger partial charge in [-0.1, -0.05) is 11.6 Å². The van der Waals surface area contributed by atoms with Crippen molar-refractivity contribution in [3.8, 4) is 0 Å². The molecule has 0 aliphatic heterocycles. The molecule has 0 fully saturated rings. The lowest BCUT2D eigenvalue weighted by molar-refractivity contribution is 0.762. The molecule has 0 aliphatic carbocycles. The van der Waals surface area contributed by atoms with Crippen molar-refractivity contribution in [1.82, 2.24) is 19.3 Å². The summed E-state index contributed by atoms with van der Waals surface area (Å²) in [6, 6.07) is 1.88. The Morgan fingerprint density at radius 3 is 2.62 bits per heavy atom. The first-order valence-electron chi connectivity index (χ1n) is 4.68. The molecule has 2 heterocycles. The Kier molecular flexibility index (Phi) is 3.07. The predicted molar refractivity (Wildman–Crippen MR) is 63.8 cm³/mol. The molecule has 0 spiro atoms. The standard InChI is InChI=1S/C9H11Cl2N5/c1-15-6(8(10)14-9(15)11)5-12-7-3-4-13-16(7)2/h3-4,12H,5H2,1-2H3. The van der Waals surface area contributed by atoms with Crippen LogP contribution in [0, 0.1) is 0 Å². The van der Waals surface area contributed by atoms with Gasteiger partial charge in [-0.3, -0.25) is 4.68 Å². The average Bonchev–Trinajstić information content (AvgIpc) is 2.72. The first kappa shape index (κ1) is 11.3. The molecule has 0 unspecified atom stereocenters. The summed E-state index contributed by atoms with van der Waals surface area (Å²) in [5, 5.41) is 8.05. The Morgan fingerprint density at radius 2 is 2.12 bits per heavy atom. The molecule has 0 saturated heterocycles. The Bertz CT molecular complexity index is 502. The number of nitrogens with one attached hydrogen (secondary N) is 1. The first-order chi connectivity index (χ1) is 7.59. The van der Waals surface area contributed by atoms with Gasteiger partial charge in [0, 0.05) is 20.2 Å². The highest BCUT2D eigenvalue weighted by atomic mass is 35.5. The lowest BCUT2D eigenvalue weighted by Gasteiger charge is -2.07. The van der Waals surface area contributed by atoms with E-state index in [2.05, 4.69) is 15.4 Å². The number of aryl methyl sites for hydroxylation is 1. The second kappa shape index (κ2) is 4.35. The fraction of sp³-hybridized carbons (Fsp3) is 0.333. The minimum Gasteiger partial charge on any atom is -0.365 e. The van der Waals surface area contributed by atoms with Crippen molar-refractivity contribution < 1.29 is 0 Å². The van der Waals surface area contributed by atoms with Gasteiger partial charge in [0.2, 0.25) is 5.28 Å². The first-order valence-corrected chi connectivity index (χ1v) is 5.43. The van der Waals surface area contributed by atoms with Crippen molar-refractivity contribution in [3.05, 3.63) is 28.4 Å². The maximum absolute atomic E-state index is 5.95. The van der Waals surface area contributed by atoms with Crippen LogP contribution < -0.4 is 5.32 Å². The summed E-state index contributed by atoms with van der Waals surface area (Å²) < 4.78 is 3.49. The van der Waals surface area contributed by atoms with Crippen LogP contribution in [0.25, 0.3) is 0 Å². The smallest absolute Gasteiger partial charge is 0.204 e. The highest BCUT2D eigenvalue weighted by molar-refractivity contribution is 6.32. The van der Waals surface area contributed by atoms with E-state index < -0.39 is 0 Å². The van der Waals surface area contributed by atoms with Crippen LogP contribution in [-0.4, -0.2) is 19.3 Å². The number of halogens is 2. The van der Waals surface area contributed by atoms with Gasteiger partial charge in [0.1, 0.15) is 5.82 Å². The van der Waals surface area contributed by atoms with E-state index in [4.69, 9.17) is 23.2 Å². The Hall–Kier alpha value is -1.20. The summed E-state index contributed by atoms with van der Waals surface area (Å²) in [6.07, 6.45) is 1.72. The molecule has 0 amide bonds. The average molecular weight is 260 g/mol. The van der Waals surface area contributed by atoms with Gasteiger partial charge in [-0.25, -0.2) is 4.98 Å². The molecule has 2 aromatic rings. The van der Waals surface area contributed by atoms with E-state index in [0.29, 0.717) is 17.0 Å². The molecule has 1 N–H and O–H groups in total. The maximum atomic E-state index is 5.95. The quantitative estimate of drug-likeness (QED) is 0.919. The molecule has 0 bridgehead atoms. The molecule has 2 rings (SSSR count). The van der Waals surface area contributed by atoms with Gasteiger partial charge in [-0.15, -0.1) is 0 Å². The molecule has 0 saturated carbocycles. The summed E-state index contributed by atoms with van der Waals surface area (Å²) in [5.41, 5.74) is 0.841. The second-order valence-corrected chi connectivity index (χ2v) is 4.07. The summed E-state index contributed by atoms with van der Waals surface area (Å²) in [5.74, 6) is 0.911. The van der Waals surface area contributed by atoms with Gasteiger partial charge in [-0.2, -0.15) is 5.10 Å². The van der Waals surface area contributed by atoms with Crippen LogP contribution in [-0.2, 0) is 20.6 Å². The summed E-state index contributed by atoms with van der Waals surface area (Å²) in [6.45, 7) is 0.550. The lowest BCUT2D eigenvalue weighted by Crippen LogP contribution is -2.08. The largest absolute Gasteiger partial charge is 0.365 e. The molecule has 7 heteroatoms. The molecular formula is C9H11Cl2N5. The van der Waals surface area contributed by atoms with E-state index >= 15 is 0 Å². The summed E-state index contributed by atoms with van der Waals surface area (Å²) in [4.78, 5) is 3.96. The number of imidazole rings is 1. The van der Waals surface area contributed by atoms with Crippen molar-refractivity contribution >= 4 is 29.0 Å². The van der Waals surface area contributed by atoms with E-state index in [1.807, 2.05) is 20.2 Å². The number of anilines is 1. The highest BCUT2D eigenvalue weighted by Gasteiger charge is 2.11. The number of hydrogen-bond donors (Lipinski definition) is 1. The van der Waals surface area contributed by atoms with Crippen LogP contribution in [0.5, 0.6) is 0 Å². The van der Waals surface area contributed by atoms with Crippen molar-refractivity contribution in [2.45, 2.75) is 6.54 Å². The lowest BCUT2D eigenvalue weighted by atomic mass is 10.4. The molecular weight excluding hydrogens is 249 g/mol. The predicted octanol–water partition coefficient (Wildman–Crippen LogP) is 2.07. The minimum absolute atomic E-state index is 0.381. The van der Waals surface area contributed by atoms with E-state index in [1.54, 1.807) is 15.4 Å². The van der Waals surface area contributed by atoms with E-state index in [-0.39, 0.29) is 0 Å². The molecule has 5 nitrogen and oxygen atoms in total. The van der Waals surface area contributed by atoms with Gasteiger partial charge >= 0.3 is 0 Å². The molecule has 0 atom stereocenters. The SMILES string of the molecule is Cn1nccc1NCc1c(Cl)nc(Cl)n1C. The van der Waals surface area contributed by atoms with Gasteiger partial charge in [0.15, 0.2) is 5.15 Å². The molecule has 0 radical (unpaired) electrons. The maximum Gasteiger partial charge on any atom is 0.204 e.